The molecule has 0 bridgehead atoms. The van der Waals surface area contributed by atoms with Gasteiger partial charge in [-0.3, -0.25) is 13.7 Å². The molecular formula is C25H19Cl3N6. The molecule has 0 N–H and O–H groups in total. The summed E-state index contributed by atoms with van der Waals surface area (Å²) >= 11 is 18.9. The van der Waals surface area contributed by atoms with Crippen LogP contribution in [0.1, 0.15) is 23.8 Å². The van der Waals surface area contributed by atoms with Crippen molar-refractivity contribution in [3.8, 4) is 0 Å². The molecule has 3 heterocycles. The van der Waals surface area contributed by atoms with Crippen LogP contribution in [0.4, 0.5) is 0 Å². The third-order valence-electron chi connectivity index (χ3n) is 6.18. The summed E-state index contributed by atoms with van der Waals surface area (Å²) in [4.78, 5) is 14.5. The van der Waals surface area contributed by atoms with Crippen molar-refractivity contribution in [1.82, 2.24) is 28.7 Å². The van der Waals surface area contributed by atoms with E-state index in [-0.39, 0.29) is 6.29 Å². The SMILES string of the molecule is Cc1nc2cc(Cl)ccc2n1C(n1c(C)nc2cc(Cl)ccc21)n1c(C)nc2cc(Cl)ccc21. The Morgan fingerprint density at radius 1 is 0.529 bits per heavy atom. The summed E-state index contributed by atoms with van der Waals surface area (Å²) in [6, 6.07) is 17.3. The van der Waals surface area contributed by atoms with Crippen LogP contribution in [0.2, 0.25) is 15.1 Å². The quantitative estimate of drug-likeness (QED) is 0.254. The van der Waals surface area contributed by atoms with Crippen LogP contribution in [-0.4, -0.2) is 28.7 Å². The maximum absolute atomic E-state index is 6.29. The summed E-state index contributed by atoms with van der Waals surface area (Å²) in [7, 11) is 0. The van der Waals surface area contributed by atoms with E-state index in [2.05, 4.69) is 13.7 Å². The second kappa shape index (κ2) is 7.73. The van der Waals surface area contributed by atoms with Gasteiger partial charge in [0.25, 0.3) is 0 Å². The number of aromatic nitrogens is 6. The van der Waals surface area contributed by atoms with E-state index in [1.807, 2.05) is 75.4 Å². The summed E-state index contributed by atoms with van der Waals surface area (Å²) in [6.45, 7) is 5.99. The molecule has 9 heteroatoms. The van der Waals surface area contributed by atoms with Crippen LogP contribution < -0.4 is 0 Å². The molecule has 0 aliphatic carbocycles. The average molecular weight is 510 g/mol. The van der Waals surface area contributed by atoms with Crippen molar-refractivity contribution in [2.24, 2.45) is 0 Å². The van der Waals surface area contributed by atoms with Gasteiger partial charge in [-0.25, -0.2) is 15.0 Å². The lowest BCUT2D eigenvalue weighted by molar-refractivity contribution is 0.375. The largest absolute Gasteiger partial charge is 0.288 e. The molecule has 3 aromatic heterocycles. The standard InChI is InChI=1S/C25H19Cl3N6/c1-13-29-19-10-16(26)4-7-22(19)32(13)25(33-14(2)30-20-11-17(27)5-8-23(20)33)34-15(3)31-21-12-18(28)6-9-24(21)34/h4-12,25H,1-3H3. The molecule has 0 radical (unpaired) electrons. The zero-order valence-electron chi connectivity index (χ0n) is 18.6. The molecule has 0 amide bonds. The maximum Gasteiger partial charge on any atom is 0.197 e. The number of aryl methyl sites for hydroxylation is 3. The summed E-state index contributed by atoms with van der Waals surface area (Å²) in [5, 5.41) is 1.93. The molecule has 0 saturated heterocycles. The third kappa shape index (κ3) is 3.21. The minimum atomic E-state index is -0.372. The molecule has 0 aliphatic heterocycles. The van der Waals surface area contributed by atoms with Crippen molar-refractivity contribution in [1.29, 1.82) is 0 Å². The molecular weight excluding hydrogens is 491 g/mol. The fourth-order valence-corrected chi connectivity index (χ4v) is 5.30. The molecule has 170 valence electrons. The van der Waals surface area contributed by atoms with Gasteiger partial charge >= 0.3 is 0 Å². The Balaban J connectivity index is 1.76. The highest BCUT2D eigenvalue weighted by Gasteiger charge is 2.27. The summed E-state index contributed by atoms with van der Waals surface area (Å²) in [5.74, 6) is 2.52. The van der Waals surface area contributed by atoms with Crippen molar-refractivity contribution in [3.05, 3.63) is 87.1 Å². The van der Waals surface area contributed by atoms with Crippen molar-refractivity contribution < 1.29 is 0 Å². The zero-order valence-corrected chi connectivity index (χ0v) is 20.9. The predicted molar refractivity (Wildman–Crippen MR) is 138 cm³/mol. The Labute approximate surface area is 210 Å². The number of imidazole rings is 3. The number of hydrogen-bond acceptors (Lipinski definition) is 3. The second-order valence-electron chi connectivity index (χ2n) is 8.33. The van der Waals surface area contributed by atoms with Gasteiger partial charge in [0, 0.05) is 15.1 Å². The van der Waals surface area contributed by atoms with Crippen molar-refractivity contribution >= 4 is 67.9 Å². The minimum absolute atomic E-state index is 0.372. The van der Waals surface area contributed by atoms with E-state index in [1.165, 1.54) is 0 Å². The van der Waals surface area contributed by atoms with Crippen LogP contribution in [0.3, 0.4) is 0 Å². The van der Waals surface area contributed by atoms with E-state index in [0.717, 1.165) is 50.6 Å². The smallest absolute Gasteiger partial charge is 0.197 e. The maximum atomic E-state index is 6.29. The third-order valence-corrected chi connectivity index (χ3v) is 6.88. The van der Waals surface area contributed by atoms with Gasteiger partial charge < -0.3 is 0 Å². The second-order valence-corrected chi connectivity index (χ2v) is 9.64. The first kappa shape index (κ1) is 21.5. The fourth-order valence-electron chi connectivity index (χ4n) is 4.80. The van der Waals surface area contributed by atoms with Gasteiger partial charge in [0.05, 0.1) is 33.1 Å². The average Bonchev–Trinajstić information content (AvgIpc) is 3.38. The monoisotopic (exact) mass is 508 g/mol. The van der Waals surface area contributed by atoms with E-state index in [0.29, 0.717) is 15.1 Å². The number of nitrogens with zero attached hydrogens (tertiary/aromatic N) is 6. The molecule has 0 fully saturated rings. The zero-order chi connectivity index (χ0) is 23.7. The summed E-state index contributed by atoms with van der Waals surface area (Å²) in [5.41, 5.74) is 5.34. The van der Waals surface area contributed by atoms with Crippen LogP contribution in [0, 0.1) is 20.8 Å². The van der Waals surface area contributed by atoms with Crippen molar-refractivity contribution in [2.45, 2.75) is 27.1 Å². The van der Waals surface area contributed by atoms with Gasteiger partial charge in [0.15, 0.2) is 6.29 Å². The van der Waals surface area contributed by atoms with Crippen LogP contribution in [-0.2, 0) is 0 Å². The molecule has 6 aromatic rings. The van der Waals surface area contributed by atoms with E-state index < -0.39 is 0 Å². The van der Waals surface area contributed by atoms with E-state index in [4.69, 9.17) is 49.8 Å². The number of rotatable bonds is 3. The lowest BCUT2D eigenvalue weighted by atomic mass is 10.3. The van der Waals surface area contributed by atoms with Gasteiger partial charge in [-0.15, -0.1) is 0 Å². The van der Waals surface area contributed by atoms with Gasteiger partial charge in [-0.05, 0) is 75.4 Å². The molecule has 0 saturated carbocycles. The lowest BCUT2D eigenvalue weighted by Crippen LogP contribution is -2.28. The van der Waals surface area contributed by atoms with Gasteiger partial charge in [-0.1, -0.05) is 34.8 Å². The van der Waals surface area contributed by atoms with Gasteiger partial charge in [0.1, 0.15) is 17.5 Å². The van der Waals surface area contributed by atoms with Gasteiger partial charge in [0.2, 0.25) is 0 Å². The molecule has 0 aliphatic rings. The molecule has 6 rings (SSSR count). The first-order valence-electron chi connectivity index (χ1n) is 10.7. The predicted octanol–water partition coefficient (Wildman–Crippen LogP) is 7.17. The van der Waals surface area contributed by atoms with Crippen LogP contribution in [0.25, 0.3) is 33.1 Å². The Kier molecular flexibility index (Phi) is 4.88. The van der Waals surface area contributed by atoms with Crippen LogP contribution in [0.15, 0.2) is 54.6 Å². The van der Waals surface area contributed by atoms with E-state index in [1.54, 1.807) is 0 Å². The number of halogens is 3. The Morgan fingerprint density at radius 3 is 1.12 bits per heavy atom. The van der Waals surface area contributed by atoms with Gasteiger partial charge in [-0.2, -0.15) is 0 Å². The van der Waals surface area contributed by atoms with E-state index >= 15 is 0 Å². The normalized spacial score (nSPS) is 12.1. The molecule has 0 atom stereocenters. The molecule has 0 unspecified atom stereocenters. The number of benzene rings is 3. The highest BCUT2D eigenvalue weighted by molar-refractivity contribution is 6.31. The fraction of sp³-hybridized carbons (Fsp3) is 0.160. The number of fused-ring (bicyclic) bond motifs is 3. The molecule has 3 aromatic carbocycles. The topological polar surface area (TPSA) is 53.5 Å². The first-order valence-corrected chi connectivity index (χ1v) is 11.9. The highest BCUT2D eigenvalue weighted by atomic mass is 35.5. The van der Waals surface area contributed by atoms with E-state index in [9.17, 15) is 0 Å². The summed E-state index contributed by atoms with van der Waals surface area (Å²) in [6.07, 6.45) is -0.372. The van der Waals surface area contributed by atoms with Crippen LogP contribution in [0.5, 0.6) is 0 Å². The lowest BCUT2D eigenvalue weighted by Gasteiger charge is -2.27. The highest BCUT2D eigenvalue weighted by Crippen LogP contribution is 2.34. The summed E-state index contributed by atoms with van der Waals surface area (Å²) < 4.78 is 6.57. The Hall–Kier alpha value is -3.06. The van der Waals surface area contributed by atoms with Crippen LogP contribution >= 0.6 is 34.8 Å². The Morgan fingerprint density at radius 2 is 0.824 bits per heavy atom. The molecule has 6 nitrogen and oxygen atoms in total. The first-order chi connectivity index (χ1) is 16.3. The van der Waals surface area contributed by atoms with Crippen molar-refractivity contribution in [2.75, 3.05) is 0 Å². The minimum Gasteiger partial charge on any atom is -0.288 e. The molecule has 0 spiro atoms. The number of hydrogen-bond donors (Lipinski definition) is 0. The molecule has 34 heavy (non-hydrogen) atoms. The Bertz CT molecular complexity index is 1540. The van der Waals surface area contributed by atoms with Crippen molar-refractivity contribution in [3.63, 3.8) is 0 Å².